The van der Waals surface area contributed by atoms with Gasteiger partial charge in [0.1, 0.15) is 11.4 Å². The highest BCUT2D eigenvalue weighted by Gasteiger charge is 2.26. The Morgan fingerprint density at radius 1 is 0.938 bits per heavy atom. The van der Waals surface area contributed by atoms with Crippen molar-refractivity contribution < 1.29 is 23.6 Å². The molecule has 1 heterocycles. The zero-order chi connectivity index (χ0) is 23.1. The quantitative estimate of drug-likeness (QED) is 0.234. The molecule has 0 atom stereocenters. The van der Waals surface area contributed by atoms with Gasteiger partial charge in [0.05, 0.1) is 17.6 Å². The van der Waals surface area contributed by atoms with E-state index in [0.29, 0.717) is 23.6 Å². The molecule has 0 amide bonds. The molecule has 0 N–H and O–H groups in total. The summed E-state index contributed by atoms with van der Waals surface area (Å²) in [6.07, 6.45) is 3.38. The Kier molecular flexibility index (Phi) is 7.46. The summed E-state index contributed by atoms with van der Waals surface area (Å²) in [5.41, 5.74) is 1.88. The summed E-state index contributed by atoms with van der Waals surface area (Å²) in [6, 6.07) is 16.2. The maximum absolute atomic E-state index is 12.2. The summed E-state index contributed by atoms with van der Waals surface area (Å²) in [6.45, 7) is 7.97. The Bertz CT molecular complexity index is 1040. The molecule has 0 fully saturated rings. The lowest BCUT2D eigenvalue weighted by Crippen LogP contribution is -2.25. The van der Waals surface area contributed by atoms with E-state index in [1.165, 1.54) is 6.42 Å². The van der Waals surface area contributed by atoms with Crippen LogP contribution in [0, 0.1) is 5.41 Å². The van der Waals surface area contributed by atoms with Crippen molar-refractivity contribution in [3.8, 4) is 28.3 Å². The van der Waals surface area contributed by atoms with Crippen LogP contribution < -0.4 is 4.74 Å². The first-order valence-electron chi connectivity index (χ1n) is 10.8. The van der Waals surface area contributed by atoms with Gasteiger partial charge in [-0.15, -0.1) is 0 Å². The van der Waals surface area contributed by atoms with Crippen LogP contribution >= 0.6 is 0 Å². The van der Waals surface area contributed by atoms with Crippen molar-refractivity contribution in [3.63, 3.8) is 0 Å². The minimum absolute atomic E-state index is 0.296. The smallest absolute Gasteiger partial charge is 0.345 e. The summed E-state index contributed by atoms with van der Waals surface area (Å²) in [7, 11) is 0. The number of unbranched alkanes of at least 4 members (excludes halogenated alkanes) is 2. The molecule has 0 saturated heterocycles. The summed E-state index contributed by atoms with van der Waals surface area (Å²) < 4.78 is 16.2. The van der Waals surface area contributed by atoms with E-state index in [4.69, 9.17) is 14.0 Å². The zero-order valence-corrected chi connectivity index (χ0v) is 19.0. The first-order chi connectivity index (χ1) is 15.3. The van der Waals surface area contributed by atoms with Crippen LogP contribution in [0.4, 0.5) is 0 Å². The maximum atomic E-state index is 12.2. The molecular formula is C26H29NO5. The molecule has 6 nitrogen and oxygen atoms in total. The van der Waals surface area contributed by atoms with Crippen molar-refractivity contribution in [2.45, 2.75) is 47.0 Å². The molecule has 32 heavy (non-hydrogen) atoms. The zero-order valence-electron chi connectivity index (χ0n) is 19.0. The predicted octanol–water partition coefficient (Wildman–Crippen LogP) is 6.31. The molecule has 168 valence electrons. The Morgan fingerprint density at radius 2 is 1.59 bits per heavy atom. The van der Waals surface area contributed by atoms with Gasteiger partial charge >= 0.3 is 11.9 Å². The number of ether oxygens (including phenoxy) is 2. The van der Waals surface area contributed by atoms with E-state index in [2.05, 4.69) is 12.1 Å². The number of hydrogen-bond donors (Lipinski definition) is 0. The van der Waals surface area contributed by atoms with Crippen molar-refractivity contribution in [2.24, 2.45) is 5.41 Å². The number of nitrogens with zero attached hydrogens (tertiary/aromatic N) is 1. The predicted molar refractivity (Wildman–Crippen MR) is 122 cm³/mol. The molecule has 0 spiro atoms. The number of hydrogen-bond acceptors (Lipinski definition) is 6. The third-order valence-corrected chi connectivity index (χ3v) is 4.88. The fraction of sp³-hybridized carbons (Fsp3) is 0.346. The van der Waals surface area contributed by atoms with Gasteiger partial charge < -0.3 is 14.0 Å². The Balaban J connectivity index is 1.64. The molecule has 0 aliphatic heterocycles. The molecule has 0 aliphatic carbocycles. The highest BCUT2D eigenvalue weighted by molar-refractivity contribution is 5.98. The third kappa shape index (κ3) is 6.06. The molecule has 0 saturated carbocycles. The van der Waals surface area contributed by atoms with Gasteiger partial charge in [-0.25, -0.2) is 4.79 Å². The molecule has 0 bridgehead atoms. The Labute approximate surface area is 188 Å². The lowest BCUT2D eigenvalue weighted by molar-refractivity contribution is -0.146. The molecule has 0 aliphatic rings. The molecular weight excluding hydrogens is 406 g/mol. The van der Waals surface area contributed by atoms with Crippen LogP contribution in [0.15, 0.2) is 59.1 Å². The normalized spacial score (nSPS) is 11.2. The van der Waals surface area contributed by atoms with E-state index in [1.54, 1.807) is 45.0 Å². The van der Waals surface area contributed by atoms with E-state index in [1.807, 2.05) is 30.3 Å². The molecule has 0 radical (unpaired) electrons. The SMILES string of the molecule is CCCCCOc1ccc(-c2cc(-c3ccc(C(=O)OC(=O)C(C)(C)C)cc3)no2)cc1. The van der Waals surface area contributed by atoms with Crippen LogP contribution in [0.1, 0.15) is 57.3 Å². The monoisotopic (exact) mass is 435 g/mol. The van der Waals surface area contributed by atoms with E-state index < -0.39 is 17.4 Å². The van der Waals surface area contributed by atoms with Gasteiger partial charge in [-0.2, -0.15) is 0 Å². The van der Waals surface area contributed by atoms with Gasteiger partial charge in [0.25, 0.3) is 0 Å². The van der Waals surface area contributed by atoms with Gasteiger partial charge in [-0.1, -0.05) is 37.1 Å². The van der Waals surface area contributed by atoms with Crippen LogP contribution in [0.3, 0.4) is 0 Å². The topological polar surface area (TPSA) is 78.6 Å². The van der Waals surface area contributed by atoms with Crippen LogP contribution in [0.2, 0.25) is 0 Å². The standard InChI is InChI=1S/C26H29NO5/c1-5-6-7-16-30-21-14-12-19(13-15-21)23-17-22(27-32-23)18-8-10-20(11-9-18)24(28)31-25(29)26(2,3)4/h8-15,17H,5-7,16H2,1-4H3. The van der Waals surface area contributed by atoms with Crippen molar-refractivity contribution >= 4 is 11.9 Å². The largest absolute Gasteiger partial charge is 0.494 e. The number of carbonyl (C=O) groups excluding carboxylic acids is 2. The number of esters is 2. The van der Waals surface area contributed by atoms with Crippen LogP contribution in [0.25, 0.3) is 22.6 Å². The Morgan fingerprint density at radius 3 is 2.22 bits per heavy atom. The molecule has 2 aromatic carbocycles. The van der Waals surface area contributed by atoms with E-state index in [0.717, 1.165) is 29.7 Å². The first-order valence-corrected chi connectivity index (χ1v) is 10.8. The van der Waals surface area contributed by atoms with Crippen molar-refractivity contribution in [1.82, 2.24) is 5.16 Å². The van der Waals surface area contributed by atoms with Gasteiger partial charge in [0.2, 0.25) is 0 Å². The molecule has 0 unspecified atom stereocenters. The second kappa shape index (κ2) is 10.3. The van der Waals surface area contributed by atoms with Gasteiger partial charge in [-0.3, -0.25) is 4.79 Å². The number of rotatable bonds is 8. The average molecular weight is 436 g/mol. The lowest BCUT2D eigenvalue weighted by atomic mass is 9.97. The molecule has 6 heteroatoms. The fourth-order valence-corrected chi connectivity index (χ4v) is 2.88. The second-order valence-electron chi connectivity index (χ2n) is 8.66. The van der Waals surface area contributed by atoms with E-state index >= 15 is 0 Å². The van der Waals surface area contributed by atoms with Crippen molar-refractivity contribution in [1.29, 1.82) is 0 Å². The molecule has 3 aromatic rings. The maximum Gasteiger partial charge on any atom is 0.345 e. The van der Waals surface area contributed by atoms with Crippen LogP contribution in [0.5, 0.6) is 5.75 Å². The van der Waals surface area contributed by atoms with Crippen LogP contribution in [-0.4, -0.2) is 23.7 Å². The minimum atomic E-state index is -0.744. The van der Waals surface area contributed by atoms with Gasteiger partial charge in [0, 0.05) is 17.2 Å². The molecule has 1 aromatic heterocycles. The summed E-state index contributed by atoms with van der Waals surface area (Å²) in [5.74, 6) is 0.230. The number of benzene rings is 2. The van der Waals surface area contributed by atoms with Crippen LogP contribution in [-0.2, 0) is 9.53 Å². The summed E-state index contributed by atoms with van der Waals surface area (Å²) in [4.78, 5) is 24.1. The third-order valence-electron chi connectivity index (χ3n) is 4.88. The number of aromatic nitrogens is 1. The van der Waals surface area contributed by atoms with E-state index in [9.17, 15) is 9.59 Å². The van der Waals surface area contributed by atoms with Crippen molar-refractivity contribution in [2.75, 3.05) is 6.61 Å². The number of carbonyl (C=O) groups is 2. The van der Waals surface area contributed by atoms with Crippen molar-refractivity contribution in [3.05, 3.63) is 60.2 Å². The summed E-state index contributed by atoms with van der Waals surface area (Å²) >= 11 is 0. The fourth-order valence-electron chi connectivity index (χ4n) is 2.88. The average Bonchev–Trinajstić information content (AvgIpc) is 3.27. The molecule has 3 rings (SSSR count). The summed E-state index contributed by atoms with van der Waals surface area (Å²) in [5, 5.41) is 4.13. The second-order valence-corrected chi connectivity index (χ2v) is 8.66. The lowest BCUT2D eigenvalue weighted by Gasteiger charge is -2.15. The highest BCUT2D eigenvalue weighted by atomic mass is 16.6. The van der Waals surface area contributed by atoms with Gasteiger partial charge in [-0.05, 0) is 63.6 Å². The Hall–Kier alpha value is -3.41. The van der Waals surface area contributed by atoms with Gasteiger partial charge in [0.15, 0.2) is 5.76 Å². The highest BCUT2D eigenvalue weighted by Crippen LogP contribution is 2.28. The minimum Gasteiger partial charge on any atom is -0.494 e. The van der Waals surface area contributed by atoms with E-state index in [-0.39, 0.29) is 0 Å². The first kappa shape index (κ1) is 23.3.